The molecule has 1 aromatic carbocycles. The highest BCUT2D eigenvalue weighted by molar-refractivity contribution is 8.00. The van der Waals surface area contributed by atoms with E-state index >= 15 is 0 Å². The Labute approximate surface area is 146 Å². The number of hydrogen-bond donors (Lipinski definition) is 2. The van der Waals surface area contributed by atoms with Gasteiger partial charge in [-0.1, -0.05) is 26.0 Å². The van der Waals surface area contributed by atoms with E-state index in [1.54, 1.807) is 25.1 Å². The fourth-order valence-corrected chi connectivity index (χ4v) is 4.76. The van der Waals surface area contributed by atoms with Gasteiger partial charge in [-0.05, 0) is 25.5 Å². The van der Waals surface area contributed by atoms with Gasteiger partial charge in [0.15, 0.2) is 0 Å². The summed E-state index contributed by atoms with van der Waals surface area (Å²) < 4.78 is 5.77. The number of thioether (sulfide) groups is 1. The first-order valence-corrected chi connectivity index (χ1v) is 9.11. The number of aliphatic carboxylic acids is 1. The van der Waals surface area contributed by atoms with Crippen molar-refractivity contribution in [2.75, 3.05) is 6.61 Å². The lowest BCUT2D eigenvalue weighted by Gasteiger charge is -2.54. The van der Waals surface area contributed by atoms with Crippen molar-refractivity contribution in [1.29, 1.82) is 0 Å². The van der Waals surface area contributed by atoms with E-state index in [1.165, 1.54) is 11.8 Å². The van der Waals surface area contributed by atoms with Crippen LogP contribution in [0.25, 0.3) is 0 Å². The Balaban J connectivity index is 1.75. The monoisotopic (exact) mass is 349 g/mol. The summed E-state index contributed by atoms with van der Waals surface area (Å²) in [6, 6.07) is 7.26. The fraction of sp³-hybridized carbons (Fsp3) is 0.556. The van der Waals surface area contributed by atoms with Gasteiger partial charge in [0.1, 0.15) is 5.25 Å². The van der Waals surface area contributed by atoms with Crippen molar-refractivity contribution >= 4 is 23.6 Å². The van der Waals surface area contributed by atoms with Gasteiger partial charge >= 0.3 is 5.97 Å². The molecule has 4 unspecified atom stereocenters. The van der Waals surface area contributed by atoms with Crippen LogP contribution < -0.4 is 5.32 Å². The number of carboxylic acid groups (broad SMARTS) is 1. The van der Waals surface area contributed by atoms with Crippen molar-refractivity contribution < 1.29 is 19.4 Å². The average molecular weight is 349 g/mol. The van der Waals surface area contributed by atoms with Crippen LogP contribution in [0.5, 0.6) is 0 Å². The molecule has 1 saturated carbocycles. The molecular weight excluding hydrogens is 326 g/mol. The maximum Gasteiger partial charge on any atom is 0.316 e. The molecule has 0 radical (unpaired) electrons. The maximum atomic E-state index is 12.8. The molecule has 24 heavy (non-hydrogen) atoms. The average Bonchev–Trinajstić information content (AvgIpc) is 3.00. The predicted octanol–water partition coefficient (Wildman–Crippen LogP) is 2.80. The Morgan fingerprint density at radius 3 is 2.79 bits per heavy atom. The van der Waals surface area contributed by atoms with Gasteiger partial charge in [0.2, 0.25) is 0 Å². The van der Waals surface area contributed by atoms with Crippen LogP contribution in [0.15, 0.2) is 29.2 Å². The normalized spacial score (nSPS) is 28.5. The third-order valence-corrected chi connectivity index (χ3v) is 6.34. The summed E-state index contributed by atoms with van der Waals surface area (Å²) in [6.07, 6.45) is 1.20. The van der Waals surface area contributed by atoms with Crippen molar-refractivity contribution in [1.82, 2.24) is 5.32 Å². The van der Waals surface area contributed by atoms with E-state index in [2.05, 4.69) is 19.2 Å². The van der Waals surface area contributed by atoms with Gasteiger partial charge in [-0.25, -0.2) is 0 Å². The van der Waals surface area contributed by atoms with Crippen molar-refractivity contribution in [2.45, 2.75) is 49.5 Å². The molecule has 4 atom stereocenters. The minimum absolute atomic E-state index is 0.0761. The highest BCUT2D eigenvalue weighted by Gasteiger charge is 2.59. The van der Waals surface area contributed by atoms with E-state index in [0.717, 1.165) is 13.0 Å². The van der Waals surface area contributed by atoms with Gasteiger partial charge in [-0.2, -0.15) is 0 Å². The second-order valence-electron chi connectivity index (χ2n) is 7.11. The zero-order valence-electron chi connectivity index (χ0n) is 14.1. The molecular formula is C18H23NO4S. The van der Waals surface area contributed by atoms with E-state index in [1.807, 2.05) is 6.07 Å². The molecule has 1 saturated heterocycles. The summed E-state index contributed by atoms with van der Waals surface area (Å²) in [6.45, 7) is 6.63. The molecule has 2 N–H and O–H groups in total. The fourth-order valence-electron chi connectivity index (χ4n) is 3.83. The number of benzene rings is 1. The summed E-state index contributed by atoms with van der Waals surface area (Å²) in [5.41, 5.74) is 0.460. The molecule has 1 heterocycles. The predicted molar refractivity (Wildman–Crippen MR) is 92.3 cm³/mol. The first-order chi connectivity index (χ1) is 11.3. The highest BCUT2D eigenvalue weighted by Crippen LogP contribution is 2.52. The van der Waals surface area contributed by atoms with Gasteiger partial charge in [0, 0.05) is 28.9 Å². The number of carboxylic acids is 1. The third-order valence-electron chi connectivity index (χ3n) is 5.17. The quantitative estimate of drug-likeness (QED) is 0.800. The molecule has 1 aliphatic heterocycles. The third kappa shape index (κ3) is 2.93. The van der Waals surface area contributed by atoms with Crippen LogP contribution in [-0.2, 0) is 9.53 Å². The van der Waals surface area contributed by atoms with E-state index in [-0.39, 0.29) is 23.5 Å². The Morgan fingerprint density at radius 2 is 2.08 bits per heavy atom. The van der Waals surface area contributed by atoms with Crippen LogP contribution in [0.4, 0.5) is 0 Å². The number of rotatable bonds is 5. The Morgan fingerprint density at radius 1 is 1.38 bits per heavy atom. The van der Waals surface area contributed by atoms with Crippen LogP contribution in [0.3, 0.4) is 0 Å². The molecule has 5 nitrogen and oxygen atoms in total. The minimum Gasteiger partial charge on any atom is -0.480 e. The topological polar surface area (TPSA) is 75.6 Å². The molecule has 0 aromatic heterocycles. The van der Waals surface area contributed by atoms with Crippen molar-refractivity contribution in [2.24, 2.45) is 11.3 Å². The van der Waals surface area contributed by atoms with Gasteiger partial charge < -0.3 is 15.2 Å². The largest absolute Gasteiger partial charge is 0.480 e. The molecule has 2 fully saturated rings. The maximum absolute atomic E-state index is 12.8. The lowest BCUT2D eigenvalue weighted by Crippen LogP contribution is -2.66. The second-order valence-corrected chi connectivity index (χ2v) is 8.49. The zero-order chi connectivity index (χ0) is 17.5. The lowest BCUT2D eigenvalue weighted by atomic mass is 9.57. The van der Waals surface area contributed by atoms with Crippen LogP contribution in [0.1, 0.15) is 37.6 Å². The Kier molecular flexibility index (Phi) is 4.62. The van der Waals surface area contributed by atoms with E-state index < -0.39 is 11.2 Å². The number of fused-ring (bicyclic) bond motifs is 1. The number of amides is 1. The van der Waals surface area contributed by atoms with Gasteiger partial charge in [-0.15, -0.1) is 11.8 Å². The molecule has 0 spiro atoms. The van der Waals surface area contributed by atoms with E-state index in [0.29, 0.717) is 16.4 Å². The number of carbonyl (C=O) groups is 2. The van der Waals surface area contributed by atoms with Gasteiger partial charge in [0.05, 0.1) is 11.7 Å². The van der Waals surface area contributed by atoms with Crippen LogP contribution in [0.2, 0.25) is 0 Å². The molecule has 6 heteroatoms. The summed E-state index contributed by atoms with van der Waals surface area (Å²) in [5.74, 6) is -0.651. The summed E-state index contributed by atoms with van der Waals surface area (Å²) in [4.78, 5) is 24.6. The molecule has 1 amide bonds. The summed E-state index contributed by atoms with van der Waals surface area (Å²) in [7, 11) is 0. The second kappa shape index (κ2) is 6.41. The number of carbonyl (C=O) groups excluding carboxylic acids is 1. The molecule has 3 rings (SSSR count). The minimum atomic E-state index is -0.888. The molecule has 1 aromatic rings. The van der Waals surface area contributed by atoms with Crippen molar-refractivity contribution in [3.05, 3.63) is 29.8 Å². The van der Waals surface area contributed by atoms with Gasteiger partial charge in [-0.3, -0.25) is 9.59 Å². The van der Waals surface area contributed by atoms with Crippen molar-refractivity contribution in [3.8, 4) is 0 Å². The highest BCUT2D eigenvalue weighted by atomic mass is 32.2. The molecule has 0 bridgehead atoms. The lowest BCUT2D eigenvalue weighted by molar-refractivity contribution is -0.136. The van der Waals surface area contributed by atoms with Crippen molar-refractivity contribution in [3.63, 3.8) is 0 Å². The smallest absolute Gasteiger partial charge is 0.316 e. The molecule has 2 aliphatic rings. The standard InChI is InChI=1S/C18H23NO4S/c1-10(17(21)22)24-13-7-5-4-6-11(13)16(20)19-14-12-8-9-23-15(12)18(14,2)3/h4-7,10,12,14-15H,8-9H2,1-3H3,(H,19,20)(H,21,22). The molecule has 130 valence electrons. The van der Waals surface area contributed by atoms with Gasteiger partial charge in [0.25, 0.3) is 5.91 Å². The first kappa shape index (κ1) is 17.3. The van der Waals surface area contributed by atoms with E-state index in [9.17, 15) is 9.59 Å². The zero-order valence-corrected chi connectivity index (χ0v) is 14.9. The number of hydrogen-bond acceptors (Lipinski definition) is 4. The first-order valence-electron chi connectivity index (χ1n) is 8.23. The summed E-state index contributed by atoms with van der Waals surface area (Å²) >= 11 is 1.19. The number of nitrogens with one attached hydrogen (secondary N) is 1. The summed E-state index contributed by atoms with van der Waals surface area (Å²) in [5, 5.41) is 11.7. The molecule has 1 aliphatic carbocycles. The van der Waals surface area contributed by atoms with E-state index in [4.69, 9.17) is 9.84 Å². The van der Waals surface area contributed by atoms with Crippen LogP contribution in [-0.4, -0.2) is 41.0 Å². The number of ether oxygens (including phenoxy) is 1. The Bertz CT molecular complexity index is 660. The SMILES string of the molecule is CC(Sc1ccccc1C(=O)NC1C2CCOC2C1(C)C)C(=O)O. The Hall–Kier alpha value is -1.53. The van der Waals surface area contributed by atoms with Crippen LogP contribution in [0, 0.1) is 11.3 Å². The van der Waals surface area contributed by atoms with Crippen LogP contribution >= 0.6 is 11.8 Å².